The molecule has 0 saturated heterocycles. The zero-order valence-electron chi connectivity index (χ0n) is 23.1. The Labute approximate surface area is 237 Å². The Kier molecular flexibility index (Phi) is 9.86. The number of esters is 1. The second-order valence-electron chi connectivity index (χ2n) is 9.82. The van der Waals surface area contributed by atoms with Crippen molar-refractivity contribution in [2.45, 2.75) is 58.4 Å². The van der Waals surface area contributed by atoms with E-state index in [9.17, 15) is 22.4 Å². The van der Waals surface area contributed by atoms with Crippen molar-refractivity contribution in [2.24, 2.45) is 0 Å². The van der Waals surface area contributed by atoms with Crippen molar-refractivity contribution in [3.05, 3.63) is 124 Å². The Balaban J connectivity index is 1.40. The monoisotopic (exact) mass is 567 g/mol. The first kappa shape index (κ1) is 29.9. The number of alkyl halides is 3. The first-order valence-corrected chi connectivity index (χ1v) is 13.6. The number of benzene rings is 3. The molecule has 41 heavy (non-hydrogen) atoms. The smallest absolute Gasteiger partial charge is 0.416 e. The van der Waals surface area contributed by atoms with E-state index in [0.29, 0.717) is 25.1 Å². The largest absolute Gasteiger partial charge is 0.478 e. The van der Waals surface area contributed by atoms with Crippen LogP contribution in [-0.4, -0.2) is 23.2 Å². The summed E-state index contributed by atoms with van der Waals surface area (Å²) >= 11 is 0. The molecule has 0 aliphatic heterocycles. The van der Waals surface area contributed by atoms with Gasteiger partial charge in [-0.25, -0.2) is 9.18 Å². The molecule has 0 unspecified atom stereocenters. The van der Waals surface area contributed by atoms with Crippen LogP contribution in [0.4, 0.5) is 17.6 Å². The van der Waals surface area contributed by atoms with E-state index in [2.05, 4.69) is 4.57 Å². The number of rotatable bonds is 12. The molecule has 1 atom stereocenters. The Morgan fingerprint density at radius 3 is 2.27 bits per heavy atom. The van der Waals surface area contributed by atoms with Gasteiger partial charge in [-0.05, 0) is 80.6 Å². The molecule has 0 bridgehead atoms. The Morgan fingerprint density at radius 2 is 1.59 bits per heavy atom. The molecule has 1 heterocycles. The Bertz CT molecular complexity index is 1430. The summed E-state index contributed by atoms with van der Waals surface area (Å²) < 4.78 is 67.8. The summed E-state index contributed by atoms with van der Waals surface area (Å²) in [4.78, 5) is 12.5. The van der Waals surface area contributed by atoms with Crippen molar-refractivity contribution >= 4 is 5.97 Å². The predicted molar refractivity (Wildman–Crippen MR) is 149 cm³/mol. The molecule has 0 radical (unpaired) electrons. The molecule has 4 nitrogen and oxygen atoms in total. The third-order valence-corrected chi connectivity index (χ3v) is 6.98. The fourth-order valence-corrected chi connectivity index (χ4v) is 4.87. The molecular formula is C33H33F4NO3. The Morgan fingerprint density at radius 1 is 0.854 bits per heavy atom. The van der Waals surface area contributed by atoms with Gasteiger partial charge in [-0.3, -0.25) is 0 Å². The first-order chi connectivity index (χ1) is 19.7. The van der Waals surface area contributed by atoms with Crippen LogP contribution >= 0.6 is 0 Å². The summed E-state index contributed by atoms with van der Waals surface area (Å²) in [5.74, 6) is -0.717. The number of hydrogen-bond donors (Lipinski definition) is 0. The summed E-state index contributed by atoms with van der Waals surface area (Å²) in [7, 11) is 0. The lowest BCUT2D eigenvalue weighted by molar-refractivity contribution is -0.151. The summed E-state index contributed by atoms with van der Waals surface area (Å²) in [5, 5.41) is 0. The lowest BCUT2D eigenvalue weighted by atomic mass is 10.0. The highest BCUT2D eigenvalue weighted by atomic mass is 19.4. The van der Waals surface area contributed by atoms with Crippen molar-refractivity contribution in [1.29, 1.82) is 0 Å². The summed E-state index contributed by atoms with van der Waals surface area (Å²) in [6, 6.07) is 23.9. The fraction of sp³-hybridized carbons (Fsp3) is 0.303. The topological polar surface area (TPSA) is 40.5 Å². The molecule has 0 saturated carbocycles. The number of carbonyl (C=O) groups is 1. The van der Waals surface area contributed by atoms with E-state index in [-0.39, 0.29) is 25.0 Å². The average Bonchev–Trinajstić information content (AvgIpc) is 3.30. The molecule has 0 N–H and O–H groups in total. The van der Waals surface area contributed by atoms with Crippen molar-refractivity contribution in [1.82, 2.24) is 4.57 Å². The van der Waals surface area contributed by atoms with E-state index in [1.807, 2.05) is 73.7 Å². The van der Waals surface area contributed by atoms with Crippen molar-refractivity contribution in [3.8, 4) is 5.75 Å². The molecule has 3 aromatic carbocycles. The molecule has 1 aromatic heterocycles. The zero-order chi connectivity index (χ0) is 29.4. The van der Waals surface area contributed by atoms with Crippen LogP contribution in [0.15, 0.2) is 84.9 Å². The molecular weight excluding hydrogens is 534 g/mol. The van der Waals surface area contributed by atoms with Gasteiger partial charge in [-0.15, -0.1) is 0 Å². The van der Waals surface area contributed by atoms with Gasteiger partial charge in [-0.1, -0.05) is 48.5 Å². The minimum atomic E-state index is -4.61. The number of aryl methyl sites for hydroxylation is 3. The van der Waals surface area contributed by atoms with Crippen LogP contribution < -0.4 is 4.74 Å². The van der Waals surface area contributed by atoms with Gasteiger partial charge in [-0.2, -0.15) is 13.2 Å². The number of carbonyl (C=O) groups excluding carboxylic acids is 1. The van der Waals surface area contributed by atoms with Crippen LogP contribution in [0.25, 0.3) is 0 Å². The molecule has 0 aliphatic rings. The standard InChI is InChI=1S/C33H33F4NO3/c1-3-40-32(39)31(22-25-8-5-4-6-9-25)41-27-17-13-24(14-18-27)20-21-38-23(2)12-15-26(38)16-19-28-29(33(35,36)37)10-7-11-30(28)34/h4-15,17-18,31H,3,16,19-22H2,1-2H3/t31-/m1/s1. The zero-order valence-corrected chi connectivity index (χ0v) is 23.1. The molecule has 0 aliphatic carbocycles. The Hall–Kier alpha value is -4.07. The van der Waals surface area contributed by atoms with E-state index in [0.717, 1.165) is 40.7 Å². The number of ether oxygens (including phenoxy) is 2. The SMILES string of the molecule is CCOC(=O)[C@@H](Cc1ccccc1)Oc1ccc(CCn2c(C)ccc2CCc2c(F)cccc2C(F)(F)F)cc1. The number of hydrogen-bond acceptors (Lipinski definition) is 3. The highest BCUT2D eigenvalue weighted by Crippen LogP contribution is 2.33. The van der Waals surface area contributed by atoms with Crippen LogP contribution in [0.2, 0.25) is 0 Å². The normalized spacial score (nSPS) is 12.2. The summed E-state index contributed by atoms with van der Waals surface area (Å²) in [6.07, 6.45) is -4.11. The van der Waals surface area contributed by atoms with Crippen LogP contribution in [0, 0.1) is 12.7 Å². The van der Waals surface area contributed by atoms with Gasteiger partial charge < -0.3 is 14.0 Å². The number of aromatic nitrogens is 1. The van der Waals surface area contributed by atoms with E-state index < -0.39 is 29.6 Å². The molecule has 0 spiro atoms. The fourth-order valence-electron chi connectivity index (χ4n) is 4.87. The van der Waals surface area contributed by atoms with E-state index in [1.165, 1.54) is 0 Å². The van der Waals surface area contributed by atoms with E-state index in [4.69, 9.17) is 9.47 Å². The second-order valence-corrected chi connectivity index (χ2v) is 9.82. The van der Waals surface area contributed by atoms with E-state index >= 15 is 0 Å². The third-order valence-electron chi connectivity index (χ3n) is 6.98. The van der Waals surface area contributed by atoms with Gasteiger partial charge in [0.15, 0.2) is 6.10 Å². The van der Waals surface area contributed by atoms with Gasteiger partial charge >= 0.3 is 12.1 Å². The van der Waals surface area contributed by atoms with E-state index in [1.54, 1.807) is 6.92 Å². The maximum Gasteiger partial charge on any atom is 0.416 e. The number of halogens is 4. The molecule has 216 valence electrons. The van der Waals surface area contributed by atoms with Crippen LogP contribution in [0.5, 0.6) is 5.75 Å². The van der Waals surface area contributed by atoms with Crippen molar-refractivity contribution in [3.63, 3.8) is 0 Å². The molecule has 4 aromatic rings. The molecule has 8 heteroatoms. The molecule has 0 amide bonds. The third kappa shape index (κ3) is 7.99. The second kappa shape index (κ2) is 13.5. The minimum Gasteiger partial charge on any atom is -0.478 e. The van der Waals surface area contributed by atoms with Crippen molar-refractivity contribution in [2.75, 3.05) is 6.61 Å². The van der Waals surface area contributed by atoms with Crippen molar-refractivity contribution < 1.29 is 31.8 Å². The highest BCUT2D eigenvalue weighted by molar-refractivity contribution is 5.75. The van der Waals surface area contributed by atoms with Gasteiger partial charge in [0.2, 0.25) is 0 Å². The number of nitrogens with zero attached hydrogens (tertiary/aromatic N) is 1. The highest BCUT2D eigenvalue weighted by Gasteiger charge is 2.34. The quantitative estimate of drug-likeness (QED) is 0.131. The first-order valence-electron chi connectivity index (χ1n) is 13.6. The predicted octanol–water partition coefficient (Wildman–Crippen LogP) is 7.54. The van der Waals surface area contributed by atoms with Crippen LogP contribution in [0.3, 0.4) is 0 Å². The van der Waals surface area contributed by atoms with Gasteiger partial charge in [0.05, 0.1) is 12.2 Å². The van der Waals surface area contributed by atoms with Gasteiger partial charge in [0, 0.05) is 29.9 Å². The minimum absolute atomic E-state index is 0.0539. The summed E-state index contributed by atoms with van der Waals surface area (Å²) in [6.45, 7) is 4.56. The average molecular weight is 568 g/mol. The lowest BCUT2D eigenvalue weighted by Gasteiger charge is -2.18. The summed E-state index contributed by atoms with van der Waals surface area (Å²) in [5.41, 5.74) is 2.57. The van der Waals surface area contributed by atoms with Gasteiger partial charge in [0.25, 0.3) is 0 Å². The maximum atomic E-state index is 14.3. The van der Waals surface area contributed by atoms with Gasteiger partial charge in [0.1, 0.15) is 11.6 Å². The van der Waals surface area contributed by atoms with Crippen LogP contribution in [-0.2, 0) is 47.9 Å². The lowest BCUT2D eigenvalue weighted by Crippen LogP contribution is -2.31. The molecule has 0 fully saturated rings. The molecule has 4 rings (SSSR count). The maximum absolute atomic E-state index is 14.3. The van der Waals surface area contributed by atoms with Crippen LogP contribution in [0.1, 0.15) is 40.6 Å².